The van der Waals surface area contributed by atoms with Gasteiger partial charge in [-0.3, -0.25) is 9.89 Å². The highest BCUT2D eigenvalue weighted by atomic mass is 16.6. The van der Waals surface area contributed by atoms with Crippen LogP contribution in [0.2, 0.25) is 0 Å². The summed E-state index contributed by atoms with van der Waals surface area (Å²) in [6, 6.07) is 8.90. The van der Waals surface area contributed by atoms with Crippen LogP contribution in [0.25, 0.3) is 11.3 Å². The van der Waals surface area contributed by atoms with Crippen LogP contribution in [0.5, 0.6) is 40.4 Å². The second-order valence-electron chi connectivity index (χ2n) is 8.00. The summed E-state index contributed by atoms with van der Waals surface area (Å²) in [6.07, 6.45) is 0. The van der Waals surface area contributed by atoms with E-state index in [1.54, 1.807) is 24.3 Å². The number of nitrogens with one attached hydrogen (secondary N) is 1. The van der Waals surface area contributed by atoms with Gasteiger partial charge in [0.25, 0.3) is 0 Å². The Balaban J connectivity index is 1.99. The van der Waals surface area contributed by atoms with Crippen molar-refractivity contribution in [3.8, 4) is 57.7 Å². The number of esters is 1. The number of nitrogens with zero attached hydrogens (tertiary/aromatic N) is 2. The van der Waals surface area contributed by atoms with Gasteiger partial charge in [-0.2, -0.15) is 5.26 Å². The number of fused-ring (bicyclic) bond motifs is 1. The molecule has 3 N–H and O–H groups in total. The highest BCUT2D eigenvalue weighted by molar-refractivity contribution is 5.76. The third-order valence-corrected chi connectivity index (χ3v) is 5.95. The van der Waals surface area contributed by atoms with E-state index in [2.05, 4.69) is 16.3 Å². The molecule has 0 aliphatic carbocycles. The molecule has 2 aromatic carbocycles. The van der Waals surface area contributed by atoms with E-state index in [1.807, 2.05) is 0 Å². The van der Waals surface area contributed by atoms with Crippen LogP contribution < -0.4 is 38.9 Å². The summed E-state index contributed by atoms with van der Waals surface area (Å²) in [5.74, 6) is 0.559. The molecule has 198 valence electrons. The standard InChI is InChI=1S/C26H26N4O8/c1-12(31)37-24-18(34-4)7-13(8-19(24)35-5)20-15(11-27)25(28)38-26-21(20)22(29-30-26)14-9-16(32-2)23(36-6)17(10-14)33-3/h7-10,20H,28H2,1-6H3,(H,29,30). The highest BCUT2D eigenvalue weighted by Crippen LogP contribution is 2.50. The number of hydrogen-bond acceptors (Lipinski definition) is 11. The number of aromatic amines is 1. The summed E-state index contributed by atoms with van der Waals surface area (Å²) in [5, 5.41) is 17.4. The van der Waals surface area contributed by atoms with Crippen LogP contribution >= 0.6 is 0 Å². The lowest BCUT2D eigenvalue weighted by atomic mass is 9.82. The first kappa shape index (κ1) is 26.0. The molecule has 1 aliphatic rings. The number of nitriles is 1. The maximum atomic E-state index is 11.7. The van der Waals surface area contributed by atoms with Crippen LogP contribution in [0, 0.1) is 11.3 Å². The maximum absolute atomic E-state index is 11.7. The summed E-state index contributed by atoms with van der Waals surface area (Å²) in [7, 11) is 7.38. The number of carbonyl (C=O) groups excluding carboxylic acids is 1. The molecule has 38 heavy (non-hydrogen) atoms. The zero-order valence-electron chi connectivity index (χ0n) is 21.6. The monoisotopic (exact) mass is 522 g/mol. The van der Waals surface area contributed by atoms with Gasteiger partial charge < -0.3 is 38.9 Å². The predicted octanol–water partition coefficient (Wildman–Crippen LogP) is 3.26. The van der Waals surface area contributed by atoms with Gasteiger partial charge in [0.2, 0.25) is 23.3 Å². The van der Waals surface area contributed by atoms with Gasteiger partial charge in [0, 0.05) is 12.5 Å². The average Bonchev–Trinajstić information content (AvgIpc) is 3.34. The molecule has 1 aliphatic heterocycles. The van der Waals surface area contributed by atoms with E-state index < -0.39 is 11.9 Å². The van der Waals surface area contributed by atoms with Crippen LogP contribution in [0.15, 0.2) is 35.7 Å². The van der Waals surface area contributed by atoms with E-state index in [9.17, 15) is 10.1 Å². The number of methoxy groups -OCH3 is 5. The summed E-state index contributed by atoms with van der Waals surface area (Å²) in [5.41, 5.74) is 8.49. The molecule has 1 aromatic heterocycles. The molecule has 0 saturated carbocycles. The average molecular weight is 523 g/mol. The number of ether oxygens (including phenoxy) is 7. The molecule has 0 amide bonds. The second-order valence-corrected chi connectivity index (χ2v) is 8.00. The third kappa shape index (κ3) is 4.34. The van der Waals surface area contributed by atoms with Crippen molar-refractivity contribution in [3.05, 3.63) is 46.8 Å². The van der Waals surface area contributed by atoms with E-state index >= 15 is 0 Å². The van der Waals surface area contributed by atoms with E-state index in [4.69, 9.17) is 38.9 Å². The summed E-state index contributed by atoms with van der Waals surface area (Å²) in [4.78, 5) is 11.7. The van der Waals surface area contributed by atoms with Crippen molar-refractivity contribution in [2.45, 2.75) is 12.8 Å². The molecule has 0 spiro atoms. The molecular formula is C26H26N4O8. The van der Waals surface area contributed by atoms with Crippen LogP contribution in [-0.4, -0.2) is 51.7 Å². The fourth-order valence-corrected chi connectivity index (χ4v) is 4.34. The molecule has 0 fully saturated rings. The van der Waals surface area contributed by atoms with Crippen molar-refractivity contribution in [2.24, 2.45) is 5.73 Å². The fraction of sp³-hybridized carbons (Fsp3) is 0.269. The van der Waals surface area contributed by atoms with Crippen molar-refractivity contribution in [3.63, 3.8) is 0 Å². The number of H-pyrrole nitrogens is 1. The fourth-order valence-electron chi connectivity index (χ4n) is 4.34. The van der Waals surface area contributed by atoms with Gasteiger partial charge in [0.1, 0.15) is 11.6 Å². The Labute approximate surface area is 218 Å². The number of benzene rings is 2. The minimum Gasteiger partial charge on any atom is -0.493 e. The molecule has 0 radical (unpaired) electrons. The van der Waals surface area contributed by atoms with E-state index in [0.717, 1.165) is 0 Å². The molecule has 4 rings (SSSR count). The lowest BCUT2D eigenvalue weighted by molar-refractivity contribution is -0.132. The van der Waals surface area contributed by atoms with Gasteiger partial charge in [-0.15, -0.1) is 5.10 Å². The zero-order chi connectivity index (χ0) is 27.6. The van der Waals surface area contributed by atoms with Gasteiger partial charge in [0.05, 0.1) is 52.7 Å². The lowest BCUT2D eigenvalue weighted by Crippen LogP contribution is -2.21. The summed E-state index contributed by atoms with van der Waals surface area (Å²) in [6.45, 7) is 1.27. The number of aromatic nitrogens is 2. The largest absolute Gasteiger partial charge is 0.493 e. The molecule has 12 nitrogen and oxygen atoms in total. The smallest absolute Gasteiger partial charge is 0.308 e. The molecule has 1 atom stereocenters. The molecule has 1 unspecified atom stereocenters. The van der Waals surface area contributed by atoms with Gasteiger partial charge in [-0.25, -0.2) is 0 Å². The van der Waals surface area contributed by atoms with Crippen molar-refractivity contribution in [2.75, 3.05) is 35.5 Å². The number of allylic oxidation sites excluding steroid dienone is 1. The Morgan fingerprint density at radius 2 is 1.50 bits per heavy atom. The second kappa shape index (κ2) is 10.5. The van der Waals surface area contributed by atoms with Crippen LogP contribution in [-0.2, 0) is 4.79 Å². The Bertz CT molecular complexity index is 1420. The van der Waals surface area contributed by atoms with Crippen molar-refractivity contribution in [1.82, 2.24) is 10.2 Å². The lowest BCUT2D eigenvalue weighted by Gasteiger charge is -2.25. The molecule has 3 aromatic rings. The zero-order valence-corrected chi connectivity index (χ0v) is 21.6. The molecule has 2 heterocycles. The topological polar surface area (TPSA) is 160 Å². The predicted molar refractivity (Wildman–Crippen MR) is 134 cm³/mol. The number of carbonyl (C=O) groups is 1. The van der Waals surface area contributed by atoms with Gasteiger partial charge in [-0.05, 0) is 29.8 Å². The van der Waals surface area contributed by atoms with Crippen LogP contribution in [0.4, 0.5) is 0 Å². The van der Waals surface area contributed by atoms with E-state index in [-0.39, 0.29) is 34.6 Å². The van der Waals surface area contributed by atoms with Gasteiger partial charge >= 0.3 is 5.97 Å². The van der Waals surface area contributed by atoms with Crippen molar-refractivity contribution in [1.29, 1.82) is 5.26 Å². The quantitative estimate of drug-likeness (QED) is 0.330. The summed E-state index contributed by atoms with van der Waals surface area (Å²) >= 11 is 0. The Kier molecular flexibility index (Phi) is 7.20. The molecular weight excluding hydrogens is 496 g/mol. The number of rotatable bonds is 8. The third-order valence-electron chi connectivity index (χ3n) is 5.95. The van der Waals surface area contributed by atoms with E-state index in [1.165, 1.54) is 42.5 Å². The molecule has 0 bridgehead atoms. The number of nitrogens with two attached hydrogens (primary N) is 1. The normalized spacial score (nSPS) is 14.1. The van der Waals surface area contributed by atoms with Crippen LogP contribution in [0.3, 0.4) is 0 Å². The molecule has 0 saturated heterocycles. The Hall–Kier alpha value is -5.05. The highest BCUT2D eigenvalue weighted by Gasteiger charge is 2.37. The Morgan fingerprint density at radius 3 is 1.97 bits per heavy atom. The van der Waals surface area contributed by atoms with Crippen LogP contribution in [0.1, 0.15) is 24.0 Å². The SMILES string of the molecule is COc1cc(-c2[nH]nc3c2C(c2cc(OC)c(OC(C)=O)c(OC)c2)C(C#N)=C(N)O3)cc(OC)c1OC. The number of hydrogen-bond donors (Lipinski definition) is 2. The Morgan fingerprint density at radius 1 is 0.947 bits per heavy atom. The minimum atomic E-state index is -0.759. The minimum absolute atomic E-state index is 0.102. The van der Waals surface area contributed by atoms with Gasteiger partial charge in [-0.1, -0.05) is 0 Å². The van der Waals surface area contributed by atoms with Crippen molar-refractivity contribution < 1.29 is 38.0 Å². The van der Waals surface area contributed by atoms with Gasteiger partial charge in [0.15, 0.2) is 23.0 Å². The molecule has 12 heteroatoms. The first-order chi connectivity index (χ1) is 18.3. The maximum Gasteiger partial charge on any atom is 0.308 e. The van der Waals surface area contributed by atoms with Crippen molar-refractivity contribution >= 4 is 5.97 Å². The first-order valence-corrected chi connectivity index (χ1v) is 11.2. The summed E-state index contributed by atoms with van der Waals surface area (Å²) < 4.78 is 38.5. The van der Waals surface area contributed by atoms with E-state index in [0.29, 0.717) is 39.6 Å². The first-order valence-electron chi connectivity index (χ1n) is 11.2.